The molecule has 1 aromatic rings. The van der Waals surface area contributed by atoms with Gasteiger partial charge in [0.1, 0.15) is 0 Å². The molecular formula is C15H26IN5. The number of nitrogens with two attached hydrogens (primary N) is 1. The molecule has 0 radical (unpaired) electrons. The Morgan fingerprint density at radius 1 is 1.57 bits per heavy atom. The normalized spacial score (nSPS) is 19.3. The van der Waals surface area contributed by atoms with E-state index in [1.165, 1.54) is 24.9 Å². The van der Waals surface area contributed by atoms with Crippen LogP contribution in [0.3, 0.4) is 0 Å². The van der Waals surface area contributed by atoms with Crippen LogP contribution >= 0.6 is 24.0 Å². The summed E-state index contributed by atoms with van der Waals surface area (Å²) in [5, 5.41) is 3.17. The number of hydrogen-bond donors (Lipinski definition) is 2. The lowest BCUT2D eigenvalue weighted by Crippen LogP contribution is -2.36. The van der Waals surface area contributed by atoms with Crippen LogP contribution in [0.4, 0.5) is 0 Å². The molecule has 6 heteroatoms. The highest BCUT2D eigenvalue weighted by molar-refractivity contribution is 14.0. The molecule has 1 atom stereocenters. The van der Waals surface area contributed by atoms with Gasteiger partial charge in [0.2, 0.25) is 0 Å². The number of likely N-dealkylation sites (tertiary alicyclic amines) is 1. The van der Waals surface area contributed by atoms with Gasteiger partial charge >= 0.3 is 0 Å². The predicted octanol–water partition coefficient (Wildman–Crippen LogP) is 1.63. The van der Waals surface area contributed by atoms with Crippen LogP contribution < -0.4 is 11.1 Å². The maximum atomic E-state index is 5.91. The molecule has 21 heavy (non-hydrogen) atoms. The van der Waals surface area contributed by atoms with Crippen molar-refractivity contribution in [2.75, 3.05) is 26.2 Å². The number of rotatable bonds is 6. The van der Waals surface area contributed by atoms with Crippen molar-refractivity contribution in [2.45, 2.75) is 32.2 Å². The van der Waals surface area contributed by atoms with Gasteiger partial charge in [-0.2, -0.15) is 0 Å². The third-order valence-corrected chi connectivity index (χ3v) is 3.82. The fourth-order valence-electron chi connectivity index (χ4n) is 2.66. The van der Waals surface area contributed by atoms with Crippen molar-refractivity contribution in [2.24, 2.45) is 10.7 Å². The molecule has 1 unspecified atom stereocenters. The topological polar surface area (TPSA) is 66.5 Å². The lowest BCUT2D eigenvalue weighted by atomic mass is 10.2. The maximum absolute atomic E-state index is 5.91. The molecule has 0 aromatic carbocycles. The molecule has 0 spiro atoms. The first-order chi connectivity index (χ1) is 9.79. The summed E-state index contributed by atoms with van der Waals surface area (Å²) in [6.45, 7) is 6.11. The summed E-state index contributed by atoms with van der Waals surface area (Å²) in [6, 6.07) is 4.59. The number of halogens is 1. The van der Waals surface area contributed by atoms with Gasteiger partial charge in [-0.1, -0.05) is 13.0 Å². The van der Waals surface area contributed by atoms with E-state index in [2.05, 4.69) is 33.2 Å². The first kappa shape index (κ1) is 18.2. The quantitative estimate of drug-likeness (QED) is 0.431. The first-order valence-corrected chi connectivity index (χ1v) is 7.46. The molecule has 2 rings (SSSR count). The highest BCUT2D eigenvalue weighted by atomic mass is 127. The van der Waals surface area contributed by atoms with Crippen molar-refractivity contribution in [1.29, 1.82) is 0 Å². The molecule has 1 aliphatic heterocycles. The largest absolute Gasteiger partial charge is 0.370 e. The van der Waals surface area contributed by atoms with Gasteiger partial charge in [0, 0.05) is 25.0 Å². The van der Waals surface area contributed by atoms with Gasteiger partial charge in [-0.05, 0) is 44.0 Å². The third-order valence-electron chi connectivity index (χ3n) is 3.82. The molecule has 0 bridgehead atoms. The van der Waals surface area contributed by atoms with Crippen LogP contribution in [0, 0.1) is 0 Å². The Morgan fingerprint density at radius 3 is 3.14 bits per heavy atom. The minimum atomic E-state index is 0. The smallest absolute Gasteiger partial charge is 0.188 e. The molecule has 1 aromatic heterocycles. The van der Waals surface area contributed by atoms with E-state index in [9.17, 15) is 0 Å². The van der Waals surface area contributed by atoms with E-state index >= 15 is 0 Å². The van der Waals surface area contributed by atoms with Gasteiger partial charge in [-0.15, -0.1) is 24.0 Å². The molecule has 0 saturated carbocycles. The Bertz CT molecular complexity index is 423. The number of guanidine groups is 1. The SMILES string of the molecule is CCN1CCCC1CN=C(N)NCCc1cccnc1.I. The van der Waals surface area contributed by atoms with Crippen molar-refractivity contribution < 1.29 is 0 Å². The average Bonchev–Trinajstić information content (AvgIpc) is 2.94. The van der Waals surface area contributed by atoms with E-state index in [0.29, 0.717) is 12.0 Å². The predicted molar refractivity (Wildman–Crippen MR) is 98.1 cm³/mol. The highest BCUT2D eigenvalue weighted by Crippen LogP contribution is 2.16. The minimum Gasteiger partial charge on any atom is -0.370 e. The van der Waals surface area contributed by atoms with Crippen molar-refractivity contribution in [1.82, 2.24) is 15.2 Å². The second-order valence-corrected chi connectivity index (χ2v) is 5.19. The molecule has 2 heterocycles. The second-order valence-electron chi connectivity index (χ2n) is 5.19. The zero-order chi connectivity index (χ0) is 14.2. The Labute approximate surface area is 144 Å². The zero-order valence-electron chi connectivity index (χ0n) is 12.7. The van der Waals surface area contributed by atoms with Crippen molar-refractivity contribution in [3.8, 4) is 0 Å². The lowest BCUT2D eigenvalue weighted by Gasteiger charge is -2.20. The average molecular weight is 403 g/mol. The number of pyridine rings is 1. The van der Waals surface area contributed by atoms with E-state index in [-0.39, 0.29) is 24.0 Å². The molecule has 118 valence electrons. The molecule has 1 saturated heterocycles. The van der Waals surface area contributed by atoms with Crippen LogP contribution in [0.25, 0.3) is 0 Å². The zero-order valence-corrected chi connectivity index (χ0v) is 15.0. The van der Waals surface area contributed by atoms with Crippen molar-refractivity contribution >= 4 is 29.9 Å². The van der Waals surface area contributed by atoms with E-state index < -0.39 is 0 Å². The maximum Gasteiger partial charge on any atom is 0.188 e. The van der Waals surface area contributed by atoms with E-state index in [0.717, 1.165) is 26.1 Å². The first-order valence-electron chi connectivity index (χ1n) is 7.46. The number of likely N-dealkylation sites (N-methyl/N-ethyl adjacent to an activating group) is 1. The number of nitrogens with one attached hydrogen (secondary N) is 1. The number of nitrogens with zero attached hydrogens (tertiary/aromatic N) is 3. The molecule has 1 fully saturated rings. The van der Waals surface area contributed by atoms with Crippen LogP contribution in [0.2, 0.25) is 0 Å². The van der Waals surface area contributed by atoms with Crippen LogP contribution in [0.15, 0.2) is 29.5 Å². The number of hydrogen-bond acceptors (Lipinski definition) is 3. The van der Waals surface area contributed by atoms with Crippen LogP contribution in [-0.2, 0) is 6.42 Å². The summed E-state index contributed by atoms with van der Waals surface area (Å²) in [4.78, 5) is 11.0. The van der Waals surface area contributed by atoms with E-state index in [1.807, 2.05) is 12.3 Å². The number of aromatic nitrogens is 1. The molecular weight excluding hydrogens is 377 g/mol. The Morgan fingerprint density at radius 2 is 2.43 bits per heavy atom. The highest BCUT2D eigenvalue weighted by Gasteiger charge is 2.22. The summed E-state index contributed by atoms with van der Waals surface area (Å²) in [5.74, 6) is 0.553. The van der Waals surface area contributed by atoms with E-state index in [1.54, 1.807) is 6.20 Å². The summed E-state index contributed by atoms with van der Waals surface area (Å²) in [7, 11) is 0. The van der Waals surface area contributed by atoms with Crippen molar-refractivity contribution in [3.63, 3.8) is 0 Å². The molecule has 1 aliphatic rings. The summed E-state index contributed by atoms with van der Waals surface area (Å²) in [6.07, 6.45) is 7.09. The lowest BCUT2D eigenvalue weighted by molar-refractivity contribution is 0.273. The van der Waals surface area contributed by atoms with Crippen LogP contribution in [0.1, 0.15) is 25.3 Å². The Kier molecular flexibility index (Phi) is 8.60. The molecule has 0 amide bonds. The Hall–Kier alpha value is -0.890. The van der Waals surface area contributed by atoms with Gasteiger partial charge in [-0.25, -0.2) is 0 Å². The van der Waals surface area contributed by atoms with Gasteiger partial charge in [-0.3, -0.25) is 14.9 Å². The molecule has 3 N–H and O–H groups in total. The van der Waals surface area contributed by atoms with Gasteiger partial charge in [0.05, 0.1) is 6.54 Å². The fraction of sp³-hybridized carbons (Fsp3) is 0.600. The standard InChI is InChI=1S/C15H25N5.HI/c1-2-20-10-4-6-14(20)12-19-15(16)18-9-7-13-5-3-8-17-11-13;/h3,5,8,11,14H,2,4,6-7,9-10,12H2,1H3,(H3,16,18,19);1H. The second kappa shape index (κ2) is 9.94. The minimum absolute atomic E-state index is 0. The summed E-state index contributed by atoms with van der Waals surface area (Å²) in [5.41, 5.74) is 7.12. The van der Waals surface area contributed by atoms with Gasteiger partial charge in [0.15, 0.2) is 5.96 Å². The van der Waals surface area contributed by atoms with Crippen LogP contribution in [0.5, 0.6) is 0 Å². The summed E-state index contributed by atoms with van der Waals surface area (Å²) < 4.78 is 0. The monoisotopic (exact) mass is 403 g/mol. The van der Waals surface area contributed by atoms with E-state index in [4.69, 9.17) is 5.73 Å². The molecule has 0 aliphatic carbocycles. The third kappa shape index (κ3) is 6.17. The van der Waals surface area contributed by atoms with Gasteiger partial charge < -0.3 is 11.1 Å². The summed E-state index contributed by atoms with van der Waals surface area (Å²) >= 11 is 0. The fourth-order valence-corrected chi connectivity index (χ4v) is 2.66. The molecule has 5 nitrogen and oxygen atoms in total. The van der Waals surface area contributed by atoms with Gasteiger partial charge in [0.25, 0.3) is 0 Å². The Balaban J connectivity index is 0.00000220. The van der Waals surface area contributed by atoms with Crippen molar-refractivity contribution in [3.05, 3.63) is 30.1 Å². The number of aliphatic imine (C=N–C) groups is 1. The van der Waals surface area contributed by atoms with Crippen LogP contribution in [-0.4, -0.2) is 48.1 Å².